The van der Waals surface area contributed by atoms with E-state index in [1.54, 1.807) is 14.2 Å². The van der Waals surface area contributed by atoms with Crippen molar-refractivity contribution in [3.8, 4) is 5.75 Å². The highest BCUT2D eigenvalue weighted by Crippen LogP contribution is 2.31. The monoisotopic (exact) mass is 403 g/mol. The Bertz CT molecular complexity index is 626. The summed E-state index contributed by atoms with van der Waals surface area (Å²) in [6.45, 7) is 4.27. The third-order valence-electron chi connectivity index (χ3n) is 4.40. The van der Waals surface area contributed by atoms with Gasteiger partial charge in [-0.05, 0) is 24.6 Å². The first kappa shape index (κ1) is 22.3. The zero-order valence-corrected chi connectivity index (χ0v) is 16.3. The van der Waals surface area contributed by atoms with E-state index in [0.717, 1.165) is 37.6 Å². The normalized spacial score (nSPS) is 17.8. The van der Waals surface area contributed by atoms with Crippen LogP contribution in [0.4, 0.5) is 13.2 Å². The molecule has 0 saturated carbocycles. The van der Waals surface area contributed by atoms with Crippen LogP contribution >= 0.6 is 0 Å². The van der Waals surface area contributed by atoms with E-state index in [-0.39, 0.29) is 12.4 Å². The maximum absolute atomic E-state index is 12.7. The molecular weight excluding hydrogens is 375 g/mol. The van der Waals surface area contributed by atoms with Gasteiger partial charge >= 0.3 is 6.18 Å². The largest absolute Gasteiger partial charge is 0.492 e. The molecule has 1 aromatic rings. The average Bonchev–Trinajstić information content (AvgIpc) is 3.13. The molecule has 158 valence electrons. The highest BCUT2D eigenvalue weighted by atomic mass is 19.4. The van der Waals surface area contributed by atoms with E-state index >= 15 is 0 Å². The van der Waals surface area contributed by atoms with Gasteiger partial charge in [0.15, 0.2) is 5.96 Å². The van der Waals surface area contributed by atoms with Crippen molar-refractivity contribution in [3.05, 3.63) is 29.8 Å². The molecule has 2 rings (SSSR count). The summed E-state index contributed by atoms with van der Waals surface area (Å²) in [6.07, 6.45) is -3.35. The number of methoxy groups -OCH3 is 1. The lowest BCUT2D eigenvalue weighted by atomic mass is 10.1. The first-order chi connectivity index (χ1) is 13.4. The Balaban J connectivity index is 1.70. The van der Waals surface area contributed by atoms with Gasteiger partial charge in [-0.3, -0.25) is 4.99 Å². The average molecular weight is 403 g/mol. The Hall–Kier alpha value is -2.00. The summed E-state index contributed by atoms with van der Waals surface area (Å²) in [5.74, 6) is 1.39. The second kappa shape index (κ2) is 11.1. The van der Waals surface area contributed by atoms with Gasteiger partial charge in [-0.25, -0.2) is 0 Å². The quantitative estimate of drug-likeness (QED) is 0.390. The number of nitrogens with one attached hydrogen (secondary N) is 1. The van der Waals surface area contributed by atoms with Crippen LogP contribution in [0.1, 0.15) is 12.0 Å². The molecule has 28 heavy (non-hydrogen) atoms. The topological polar surface area (TPSA) is 55.3 Å². The van der Waals surface area contributed by atoms with Crippen molar-refractivity contribution in [2.75, 3.05) is 60.2 Å². The summed E-state index contributed by atoms with van der Waals surface area (Å²) in [7, 11) is 3.35. The maximum atomic E-state index is 12.7. The van der Waals surface area contributed by atoms with Crippen molar-refractivity contribution in [2.24, 2.45) is 10.9 Å². The first-order valence-electron chi connectivity index (χ1n) is 9.26. The Kier molecular flexibility index (Phi) is 8.85. The van der Waals surface area contributed by atoms with Crippen LogP contribution in [0, 0.1) is 5.92 Å². The van der Waals surface area contributed by atoms with Gasteiger partial charge in [0.25, 0.3) is 0 Å². The number of ether oxygens (including phenoxy) is 3. The number of aliphatic imine (C=N–C) groups is 1. The minimum absolute atomic E-state index is 0.195. The summed E-state index contributed by atoms with van der Waals surface area (Å²) >= 11 is 0. The zero-order valence-electron chi connectivity index (χ0n) is 16.3. The lowest BCUT2D eigenvalue weighted by Gasteiger charge is -2.22. The number of guanidine groups is 1. The van der Waals surface area contributed by atoms with Crippen LogP contribution in [0.25, 0.3) is 0 Å². The molecule has 9 heteroatoms. The van der Waals surface area contributed by atoms with Crippen molar-refractivity contribution in [1.29, 1.82) is 0 Å². The van der Waals surface area contributed by atoms with Gasteiger partial charge in [-0.15, -0.1) is 0 Å². The molecular formula is C19H28F3N3O3. The standard InChI is InChI=1S/C19H28F3N3O3/c1-23-18(25-8-6-15(13-25)14-27-11-10-26-2)24-7-9-28-17-5-3-4-16(12-17)19(20,21)22/h3-5,12,15H,6-11,13-14H2,1-2H3,(H,23,24). The molecule has 0 aromatic heterocycles. The van der Waals surface area contributed by atoms with Crippen molar-refractivity contribution < 1.29 is 27.4 Å². The molecule has 6 nitrogen and oxygen atoms in total. The molecule has 1 N–H and O–H groups in total. The summed E-state index contributed by atoms with van der Waals surface area (Å²) in [5.41, 5.74) is -0.718. The Morgan fingerprint density at radius 3 is 2.82 bits per heavy atom. The Labute approximate surface area is 163 Å². The van der Waals surface area contributed by atoms with E-state index in [1.807, 2.05) is 0 Å². The highest BCUT2D eigenvalue weighted by molar-refractivity contribution is 5.80. The molecule has 0 bridgehead atoms. The summed E-state index contributed by atoms with van der Waals surface area (Å²) in [4.78, 5) is 6.42. The number of benzene rings is 1. The van der Waals surface area contributed by atoms with Crippen LogP contribution in [-0.2, 0) is 15.7 Å². The van der Waals surface area contributed by atoms with Crippen molar-refractivity contribution in [3.63, 3.8) is 0 Å². The fraction of sp³-hybridized carbons (Fsp3) is 0.632. The fourth-order valence-corrected chi connectivity index (χ4v) is 2.98. The zero-order chi connectivity index (χ0) is 20.4. The molecule has 0 aliphatic carbocycles. The lowest BCUT2D eigenvalue weighted by Crippen LogP contribution is -2.41. The number of alkyl halides is 3. The second-order valence-electron chi connectivity index (χ2n) is 6.52. The number of likely N-dealkylation sites (tertiary alicyclic amines) is 1. The van der Waals surface area contributed by atoms with Crippen LogP contribution in [-0.4, -0.2) is 71.1 Å². The fourth-order valence-electron chi connectivity index (χ4n) is 2.98. The Morgan fingerprint density at radius 2 is 2.11 bits per heavy atom. The smallest absolute Gasteiger partial charge is 0.416 e. The number of rotatable bonds is 9. The van der Waals surface area contributed by atoms with Gasteiger partial charge < -0.3 is 24.4 Å². The SMILES string of the molecule is CN=C(NCCOc1cccc(C(F)(F)F)c1)N1CCC(COCCOC)C1. The van der Waals surface area contributed by atoms with Crippen molar-refractivity contribution in [1.82, 2.24) is 10.2 Å². The van der Waals surface area contributed by atoms with Gasteiger partial charge in [0.2, 0.25) is 0 Å². The number of halogens is 3. The molecule has 0 spiro atoms. The number of nitrogens with zero attached hydrogens (tertiary/aromatic N) is 2. The maximum Gasteiger partial charge on any atom is 0.416 e. The molecule has 1 aromatic carbocycles. The summed E-state index contributed by atoms with van der Waals surface area (Å²) in [5, 5.41) is 3.19. The van der Waals surface area contributed by atoms with Crippen LogP contribution < -0.4 is 10.1 Å². The van der Waals surface area contributed by atoms with E-state index in [2.05, 4.69) is 15.2 Å². The van der Waals surface area contributed by atoms with Crippen LogP contribution in [0.5, 0.6) is 5.75 Å². The van der Waals surface area contributed by atoms with E-state index in [9.17, 15) is 13.2 Å². The predicted octanol–water partition coefficient (Wildman–Crippen LogP) is 2.64. The first-order valence-corrected chi connectivity index (χ1v) is 9.26. The summed E-state index contributed by atoms with van der Waals surface area (Å²) < 4.78 is 54.2. The predicted molar refractivity (Wildman–Crippen MR) is 101 cm³/mol. The number of hydrogen-bond acceptors (Lipinski definition) is 4. The summed E-state index contributed by atoms with van der Waals surface area (Å²) in [6, 6.07) is 4.88. The molecule has 1 aliphatic rings. The number of hydrogen-bond donors (Lipinski definition) is 1. The Morgan fingerprint density at radius 1 is 1.29 bits per heavy atom. The molecule has 1 atom stereocenters. The van der Waals surface area contributed by atoms with Crippen LogP contribution in [0.15, 0.2) is 29.3 Å². The van der Waals surface area contributed by atoms with Crippen LogP contribution in [0.2, 0.25) is 0 Å². The molecule has 1 fully saturated rings. The minimum atomic E-state index is -4.38. The van der Waals surface area contributed by atoms with Crippen molar-refractivity contribution in [2.45, 2.75) is 12.6 Å². The molecule has 1 saturated heterocycles. The van der Waals surface area contributed by atoms with E-state index in [4.69, 9.17) is 14.2 Å². The minimum Gasteiger partial charge on any atom is -0.492 e. The van der Waals surface area contributed by atoms with Gasteiger partial charge in [0.1, 0.15) is 12.4 Å². The molecule has 0 amide bonds. The molecule has 1 aliphatic heterocycles. The van der Waals surface area contributed by atoms with Crippen molar-refractivity contribution >= 4 is 5.96 Å². The van der Waals surface area contributed by atoms with Gasteiger partial charge in [0.05, 0.1) is 31.9 Å². The molecule has 1 heterocycles. The highest BCUT2D eigenvalue weighted by Gasteiger charge is 2.30. The third kappa shape index (κ3) is 7.20. The second-order valence-corrected chi connectivity index (χ2v) is 6.52. The van der Waals surface area contributed by atoms with E-state index < -0.39 is 11.7 Å². The van der Waals surface area contributed by atoms with Gasteiger partial charge in [0, 0.05) is 33.2 Å². The van der Waals surface area contributed by atoms with E-state index in [1.165, 1.54) is 12.1 Å². The van der Waals surface area contributed by atoms with Gasteiger partial charge in [-0.2, -0.15) is 13.2 Å². The third-order valence-corrected chi connectivity index (χ3v) is 4.40. The molecule has 0 radical (unpaired) electrons. The molecule has 1 unspecified atom stereocenters. The van der Waals surface area contributed by atoms with Gasteiger partial charge in [-0.1, -0.05) is 6.07 Å². The van der Waals surface area contributed by atoms with E-state index in [0.29, 0.717) is 32.3 Å². The lowest BCUT2D eigenvalue weighted by molar-refractivity contribution is -0.137. The van der Waals surface area contributed by atoms with Crippen LogP contribution in [0.3, 0.4) is 0 Å².